The zero-order chi connectivity index (χ0) is 14.2. The Morgan fingerprint density at radius 3 is 2.81 bits per heavy atom. The fraction of sp³-hybridized carbons (Fsp3) is 0.824. The first-order valence-corrected chi connectivity index (χ1v) is 9.63. The molecule has 116 valence electrons. The predicted molar refractivity (Wildman–Crippen MR) is 89.2 cm³/mol. The summed E-state index contributed by atoms with van der Waals surface area (Å²) < 4.78 is 0. The van der Waals surface area contributed by atoms with Crippen molar-refractivity contribution in [2.45, 2.75) is 70.4 Å². The van der Waals surface area contributed by atoms with Crippen molar-refractivity contribution in [3.8, 4) is 0 Å². The van der Waals surface area contributed by atoms with Crippen molar-refractivity contribution in [3.05, 3.63) is 10.6 Å². The lowest BCUT2D eigenvalue weighted by molar-refractivity contribution is 0.529. The molecular formula is C17H27N3S. The van der Waals surface area contributed by atoms with Gasteiger partial charge in [-0.2, -0.15) is 0 Å². The van der Waals surface area contributed by atoms with E-state index in [2.05, 4.69) is 17.1 Å². The van der Waals surface area contributed by atoms with E-state index < -0.39 is 0 Å². The molecule has 3 nitrogen and oxygen atoms in total. The molecule has 21 heavy (non-hydrogen) atoms. The Balaban J connectivity index is 1.45. The monoisotopic (exact) mass is 305 g/mol. The van der Waals surface area contributed by atoms with Gasteiger partial charge in [0, 0.05) is 36.5 Å². The van der Waals surface area contributed by atoms with Crippen LogP contribution in [0.1, 0.15) is 68.4 Å². The third-order valence-electron chi connectivity index (χ3n) is 5.06. The van der Waals surface area contributed by atoms with Crippen LogP contribution in [0.4, 0.5) is 5.13 Å². The van der Waals surface area contributed by atoms with Crippen LogP contribution in [0.25, 0.3) is 0 Å². The number of hydrogen-bond donors (Lipinski definition) is 1. The fourth-order valence-electron chi connectivity index (χ4n) is 3.46. The lowest BCUT2D eigenvalue weighted by atomic mass is 10.0. The van der Waals surface area contributed by atoms with E-state index in [4.69, 9.17) is 4.98 Å². The minimum atomic E-state index is 0.778. The molecule has 1 aliphatic heterocycles. The summed E-state index contributed by atoms with van der Waals surface area (Å²) in [6, 6.07) is 0.795. The Hall–Kier alpha value is -0.610. The van der Waals surface area contributed by atoms with Gasteiger partial charge in [0.15, 0.2) is 5.13 Å². The average Bonchev–Trinajstić information content (AvgIpc) is 3.40. The highest BCUT2D eigenvalue weighted by Crippen LogP contribution is 2.45. The maximum absolute atomic E-state index is 5.05. The highest BCUT2D eigenvalue weighted by molar-refractivity contribution is 7.15. The van der Waals surface area contributed by atoms with E-state index in [-0.39, 0.29) is 0 Å². The first-order valence-electron chi connectivity index (χ1n) is 8.81. The molecule has 0 aromatic carbocycles. The second-order valence-corrected chi connectivity index (χ2v) is 8.19. The molecule has 4 heteroatoms. The molecule has 0 radical (unpaired) electrons. The van der Waals surface area contributed by atoms with E-state index in [1.165, 1.54) is 73.7 Å². The second kappa shape index (κ2) is 5.88. The van der Waals surface area contributed by atoms with Gasteiger partial charge < -0.3 is 10.2 Å². The Kier molecular flexibility index (Phi) is 3.92. The minimum absolute atomic E-state index is 0.778. The molecule has 1 N–H and O–H groups in total. The molecule has 2 heterocycles. The molecule has 0 spiro atoms. The van der Waals surface area contributed by atoms with Crippen LogP contribution in [0.15, 0.2) is 0 Å². The molecule has 1 atom stereocenters. The van der Waals surface area contributed by atoms with Crippen LogP contribution in [-0.4, -0.2) is 24.1 Å². The second-order valence-electron chi connectivity index (χ2n) is 7.12. The number of anilines is 1. The summed E-state index contributed by atoms with van der Waals surface area (Å²) in [6.07, 6.45) is 9.52. The van der Waals surface area contributed by atoms with Gasteiger partial charge in [0.05, 0.1) is 5.69 Å². The Morgan fingerprint density at radius 2 is 2.10 bits per heavy atom. The SMILES string of the molecule is CCCC1CCN(c2nc(C3CC3)c(CNC3CC3)s2)C1. The van der Waals surface area contributed by atoms with Gasteiger partial charge in [0.1, 0.15) is 0 Å². The number of nitrogens with one attached hydrogen (secondary N) is 1. The van der Waals surface area contributed by atoms with E-state index in [1.54, 1.807) is 0 Å². The zero-order valence-electron chi connectivity index (χ0n) is 13.1. The summed E-state index contributed by atoms with van der Waals surface area (Å²) in [5.41, 5.74) is 1.43. The van der Waals surface area contributed by atoms with Crippen LogP contribution in [-0.2, 0) is 6.54 Å². The zero-order valence-corrected chi connectivity index (χ0v) is 13.9. The molecule has 1 unspecified atom stereocenters. The quantitative estimate of drug-likeness (QED) is 0.828. The lowest BCUT2D eigenvalue weighted by Gasteiger charge is -2.14. The molecule has 2 saturated carbocycles. The topological polar surface area (TPSA) is 28.2 Å². The number of thiazole rings is 1. The van der Waals surface area contributed by atoms with Crippen molar-refractivity contribution in [3.63, 3.8) is 0 Å². The normalized spacial score (nSPS) is 25.8. The van der Waals surface area contributed by atoms with Crippen LogP contribution in [0, 0.1) is 5.92 Å². The molecule has 3 aliphatic rings. The lowest BCUT2D eigenvalue weighted by Crippen LogP contribution is -2.19. The van der Waals surface area contributed by atoms with Crippen LogP contribution in [0.3, 0.4) is 0 Å². The van der Waals surface area contributed by atoms with Gasteiger partial charge in [-0.25, -0.2) is 4.98 Å². The van der Waals surface area contributed by atoms with Crippen LogP contribution < -0.4 is 10.2 Å². The highest BCUT2D eigenvalue weighted by atomic mass is 32.1. The molecule has 1 aromatic heterocycles. The van der Waals surface area contributed by atoms with E-state index in [1.807, 2.05) is 11.3 Å². The predicted octanol–water partition coefficient (Wildman–Crippen LogP) is 3.90. The molecule has 1 aromatic rings. The van der Waals surface area contributed by atoms with Crippen molar-refractivity contribution in [1.29, 1.82) is 0 Å². The number of aromatic nitrogens is 1. The molecular weight excluding hydrogens is 278 g/mol. The fourth-order valence-corrected chi connectivity index (χ4v) is 4.59. The Bertz CT molecular complexity index is 490. The van der Waals surface area contributed by atoms with Crippen molar-refractivity contribution >= 4 is 16.5 Å². The highest BCUT2D eigenvalue weighted by Gasteiger charge is 2.32. The molecule has 4 rings (SSSR count). The molecule has 1 saturated heterocycles. The van der Waals surface area contributed by atoms with Gasteiger partial charge in [-0.1, -0.05) is 13.3 Å². The standard InChI is InChI=1S/C17H27N3S/c1-2-3-12-8-9-20(11-12)17-19-16(13-4-5-13)15(21-17)10-18-14-6-7-14/h12-14,18H,2-11H2,1H3. The van der Waals surface area contributed by atoms with Crippen molar-refractivity contribution < 1.29 is 0 Å². The first kappa shape index (κ1) is 14.0. The van der Waals surface area contributed by atoms with Crippen LogP contribution in [0.2, 0.25) is 0 Å². The third kappa shape index (κ3) is 3.26. The van der Waals surface area contributed by atoms with Gasteiger partial charge in [-0.3, -0.25) is 0 Å². The van der Waals surface area contributed by atoms with E-state index in [0.29, 0.717) is 0 Å². The van der Waals surface area contributed by atoms with E-state index in [9.17, 15) is 0 Å². The van der Waals surface area contributed by atoms with Crippen molar-refractivity contribution in [2.24, 2.45) is 5.92 Å². The summed E-state index contributed by atoms with van der Waals surface area (Å²) >= 11 is 1.97. The Morgan fingerprint density at radius 1 is 1.24 bits per heavy atom. The maximum Gasteiger partial charge on any atom is 0.185 e. The summed E-state index contributed by atoms with van der Waals surface area (Å²) in [7, 11) is 0. The van der Waals surface area contributed by atoms with Gasteiger partial charge in [-0.15, -0.1) is 11.3 Å². The largest absolute Gasteiger partial charge is 0.348 e. The number of nitrogens with zero attached hydrogens (tertiary/aromatic N) is 2. The summed E-state index contributed by atoms with van der Waals surface area (Å²) in [5, 5.41) is 4.99. The average molecular weight is 305 g/mol. The van der Waals surface area contributed by atoms with Gasteiger partial charge in [-0.05, 0) is 44.4 Å². The maximum atomic E-state index is 5.05. The van der Waals surface area contributed by atoms with Crippen LogP contribution >= 0.6 is 11.3 Å². The molecule has 0 bridgehead atoms. The smallest absolute Gasteiger partial charge is 0.185 e. The molecule has 2 aliphatic carbocycles. The van der Waals surface area contributed by atoms with Gasteiger partial charge in [0.2, 0.25) is 0 Å². The first-order chi connectivity index (χ1) is 10.3. The van der Waals surface area contributed by atoms with Crippen molar-refractivity contribution in [1.82, 2.24) is 10.3 Å². The molecule has 0 amide bonds. The minimum Gasteiger partial charge on any atom is -0.348 e. The number of rotatable bonds is 7. The third-order valence-corrected chi connectivity index (χ3v) is 6.19. The van der Waals surface area contributed by atoms with Crippen molar-refractivity contribution in [2.75, 3.05) is 18.0 Å². The van der Waals surface area contributed by atoms with Gasteiger partial charge >= 0.3 is 0 Å². The summed E-state index contributed by atoms with van der Waals surface area (Å²) in [6.45, 7) is 5.82. The number of hydrogen-bond acceptors (Lipinski definition) is 4. The van der Waals surface area contributed by atoms with Gasteiger partial charge in [0.25, 0.3) is 0 Å². The Labute approximate surface area is 132 Å². The summed E-state index contributed by atoms with van der Waals surface area (Å²) in [4.78, 5) is 9.13. The van der Waals surface area contributed by atoms with E-state index >= 15 is 0 Å². The van der Waals surface area contributed by atoms with Crippen LogP contribution in [0.5, 0.6) is 0 Å². The molecule has 3 fully saturated rings. The summed E-state index contributed by atoms with van der Waals surface area (Å²) in [5.74, 6) is 1.68. The van der Waals surface area contributed by atoms with E-state index in [0.717, 1.165) is 24.4 Å².